The molecule has 0 aromatic rings. The van der Waals surface area contributed by atoms with Crippen LogP contribution in [0.25, 0.3) is 0 Å². The lowest BCUT2D eigenvalue weighted by molar-refractivity contribution is 0.0239. The van der Waals surface area contributed by atoms with Crippen LogP contribution in [0.4, 0.5) is 0 Å². The molecular formula is C13H24ClNO. The van der Waals surface area contributed by atoms with Gasteiger partial charge in [0.15, 0.2) is 0 Å². The molecule has 0 spiro atoms. The van der Waals surface area contributed by atoms with E-state index in [-0.39, 0.29) is 0 Å². The number of ether oxygens (including phenoxy) is 1. The van der Waals surface area contributed by atoms with Gasteiger partial charge in [0, 0.05) is 11.9 Å². The lowest BCUT2D eigenvalue weighted by atomic mass is 9.94. The van der Waals surface area contributed by atoms with Crippen molar-refractivity contribution in [1.82, 2.24) is 4.90 Å². The number of rotatable bonds is 3. The van der Waals surface area contributed by atoms with Gasteiger partial charge >= 0.3 is 0 Å². The summed E-state index contributed by atoms with van der Waals surface area (Å²) in [5.41, 5.74) is 0. The van der Waals surface area contributed by atoms with Gasteiger partial charge in [0.2, 0.25) is 0 Å². The van der Waals surface area contributed by atoms with E-state index in [1.165, 1.54) is 38.8 Å². The summed E-state index contributed by atoms with van der Waals surface area (Å²) in [7, 11) is 0. The molecular weight excluding hydrogens is 222 g/mol. The highest BCUT2D eigenvalue weighted by atomic mass is 35.5. The number of halogens is 1. The zero-order valence-electron chi connectivity index (χ0n) is 10.5. The molecule has 2 aliphatic rings. The minimum Gasteiger partial charge on any atom is -0.374 e. The van der Waals surface area contributed by atoms with Crippen LogP contribution in [0.5, 0.6) is 0 Å². The van der Waals surface area contributed by atoms with Crippen molar-refractivity contribution < 1.29 is 4.74 Å². The Labute approximate surface area is 104 Å². The highest BCUT2D eigenvalue weighted by Crippen LogP contribution is 2.26. The third kappa shape index (κ3) is 3.35. The minimum atomic E-state index is 0.338. The van der Waals surface area contributed by atoms with Crippen LogP contribution < -0.4 is 0 Å². The zero-order chi connectivity index (χ0) is 11.5. The average Bonchev–Trinajstić information content (AvgIpc) is 2.65. The molecule has 0 amide bonds. The Balaban J connectivity index is 1.69. The molecule has 2 nitrogen and oxygen atoms in total. The highest BCUT2D eigenvalue weighted by molar-refractivity contribution is 6.20. The van der Waals surface area contributed by atoms with E-state index in [1.807, 2.05) is 0 Å². The molecule has 2 fully saturated rings. The Hall–Kier alpha value is 0.210. The molecule has 0 aromatic carbocycles. The molecule has 0 aromatic heterocycles. The normalized spacial score (nSPS) is 35.4. The summed E-state index contributed by atoms with van der Waals surface area (Å²) in [5.74, 6) is 0.723. The fourth-order valence-electron chi connectivity index (χ4n) is 2.90. The maximum atomic E-state index is 6.15. The smallest absolute Gasteiger partial charge is 0.0706 e. The third-order valence-corrected chi connectivity index (χ3v) is 4.42. The fraction of sp³-hybridized carbons (Fsp3) is 1.00. The summed E-state index contributed by atoms with van der Waals surface area (Å²) in [6, 6.07) is 0. The quantitative estimate of drug-likeness (QED) is 0.709. The Morgan fingerprint density at radius 1 is 1.25 bits per heavy atom. The second-order valence-corrected chi connectivity index (χ2v) is 6.15. The molecule has 0 radical (unpaired) electrons. The summed E-state index contributed by atoms with van der Waals surface area (Å²) >= 11 is 6.15. The van der Waals surface area contributed by atoms with Crippen molar-refractivity contribution in [2.24, 2.45) is 5.92 Å². The summed E-state index contributed by atoms with van der Waals surface area (Å²) in [6.45, 7) is 7.85. The van der Waals surface area contributed by atoms with Gasteiger partial charge in [0.25, 0.3) is 0 Å². The summed E-state index contributed by atoms with van der Waals surface area (Å²) in [6.07, 6.45) is 5.96. The summed E-state index contributed by atoms with van der Waals surface area (Å²) < 4.78 is 5.87. The van der Waals surface area contributed by atoms with Gasteiger partial charge in [-0.05, 0) is 58.5 Å². The van der Waals surface area contributed by atoms with Crippen LogP contribution in [0.1, 0.15) is 39.5 Å². The molecule has 0 saturated carbocycles. The largest absolute Gasteiger partial charge is 0.374 e. The molecule has 2 heterocycles. The topological polar surface area (TPSA) is 12.5 Å². The molecule has 3 atom stereocenters. The van der Waals surface area contributed by atoms with Crippen molar-refractivity contribution in [3.05, 3.63) is 0 Å². The Morgan fingerprint density at radius 2 is 1.94 bits per heavy atom. The van der Waals surface area contributed by atoms with Crippen molar-refractivity contribution in [3.8, 4) is 0 Å². The van der Waals surface area contributed by atoms with Crippen LogP contribution in [0.15, 0.2) is 0 Å². The molecule has 3 unspecified atom stereocenters. The van der Waals surface area contributed by atoms with Crippen molar-refractivity contribution in [2.75, 3.05) is 19.6 Å². The first-order valence-electron chi connectivity index (χ1n) is 6.67. The van der Waals surface area contributed by atoms with Gasteiger partial charge < -0.3 is 9.64 Å². The second kappa shape index (κ2) is 5.70. The predicted octanol–water partition coefficient (Wildman–Crippen LogP) is 2.89. The van der Waals surface area contributed by atoms with E-state index in [1.54, 1.807) is 0 Å². The van der Waals surface area contributed by atoms with E-state index in [0.29, 0.717) is 17.6 Å². The Bertz CT molecular complexity index is 214. The second-order valence-electron chi connectivity index (χ2n) is 5.46. The van der Waals surface area contributed by atoms with Gasteiger partial charge in [-0.2, -0.15) is 0 Å². The maximum Gasteiger partial charge on any atom is 0.0706 e. The molecule has 0 aliphatic carbocycles. The van der Waals surface area contributed by atoms with E-state index < -0.39 is 0 Å². The van der Waals surface area contributed by atoms with Crippen LogP contribution in [0.2, 0.25) is 0 Å². The van der Waals surface area contributed by atoms with Gasteiger partial charge in [0.1, 0.15) is 0 Å². The van der Waals surface area contributed by atoms with Crippen LogP contribution in [0, 0.1) is 5.92 Å². The van der Waals surface area contributed by atoms with E-state index in [4.69, 9.17) is 16.3 Å². The minimum absolute atomic E-state index is 0.338. The molecule has 94 valence electrons. The van der Waals surface area contributed by atoms with E-state index in [0.717, 1.165) is 12.5 Å². The first-order valence-corrected chi connectivity index (χ1v) is 7.10. The van der Waals surface area contributed by atoms with Crippen molar-refractivity contribution in [3.63, 3.8) is 0 Å². The maximum absolute atomic E-state index is 6.15. The van der Waals surface area contributed by atoms with E-state index in [9.17, 15) is 0 Å². The first kappa shape index (κ1) is 12.7. The summed E-state index contributed by atoms with van der Waals surface area (Å²) in [5, 5.41) is 0.338. The molecule has 2 rings (SSSR count). The van der Waals surface area contributed by atoms with Gasteiger partial charge in [-0.25, -0.2) is 0 Å². The van der Waals surface area contributed by atoms with Crippen LogP contribution in [-0.4, -0.2) is 42.1 Å². The fourth-order valence-corrected chi connectivity index (χ4v) is 3.15. The van der Waals surface area contributed by atoms with Crippen LogP contribution in [0.3, 0.4) is 0 Å². The van der Waals surface area contributed by atoms with Gasteiger partial charge in [-0.3, -0.25) is 0 Å². The number of likely N-dealkylation sites (tertiary alicyclic amines) is 1. The van der Waals surface area contributed by atoms with Crippen molar-refractivity contribution >= 4 is 11.6 Å². The predicted molar refractivity (Wildman–Crippen MR) is 68.0 cm³/mol. The molecule has 16 heavy (non-hydrogen) atoms. The van der Waals surface area contributed by atoms with Crippen molar-refractivity contribution in [2.45, 2.75) is 57.1 Å². The van der Waals surface area contributed by atoms with Gasteiger partial charge in [-0.15, -0.1) is 11.6 Å². The van der Waals surface area contributed by atoms with E-state index in [2.05, 4.69) is 18.7 Å². The van der Waals surface area contributed by atoms with Crippen LogP contribution in [-0.2, 0) is 4.74 Å². The average molecular weight is 246 g/mol. The SMILES string of the molecule is CC1CCC(CN2CCC(C(C)Cl)CC2)O1. The van der Waals surface area contributed by atoms with E-state index >= 15 is 0 Å². The van der Waals surface area contributed by atoms with Crippen LogP contribution >= 0.6 is 11.6 Å². The number of hydrogen-bond acceptors (Lipinski definition) is 2. The Kier molecular flexibility index (Phi) is 4.51. The zero-order valence-corrected chi connectivity index (χ0v) is 11.2. The lowest BCUT2D eigenvalue weighted by Crippen LogP contribution is -2.40. The molecule has 3 heteroatoms. The highest BCUT2D eigenvalue weighted by Gasteiger charge is 2.27. The standard InChI is InChI=1S/C13H24ClNO/c1-10-3-4-13(16-10)9-15-7-5-12(6-8-15)11(2)14/h10-13H,3-9H2,1-2H3. The molecule has 2 aliphatic heterocycles. The molecule has 0 bridgehead atoms. The number of nitrogens with zero attached hydrogens (tertiary/aromatic N) is 1. The first-order chi connectivity index (χ1) is 7.65. The Morgan fingerprint density at radius 3 is 2.44 bits per heavy atom. The molecule has 0 N–H and O–H groups in total. The number of alkyl halides is 1. The summed E-state index contributed by atoms with van der Waals surface area (Å²) in [4.78, 5) is 2.55. The van der Waals surface area contributed by atoms with Gasteiger partial charge in [0.05, 0.1) is 12.2 Å². The number of piperidine rings is 1. The number of hydrogen-bond donors (Lipinski definition) is 0. The third-order valence-electron chi connectivity index (χ3n) is 4.06. The lowest BCUT2D eigenvalue weighted by Gasteiger charge is -2.34. The monoisotopic (exact) mass is 245 g/mol. The molecule has 2 saturated heterocycles. The van der Waals surface area contributed by atoms with Gasteiger partial charge in [-0.1, -0.05) is 0 Å². The van der Waals surface area contributed by atoms with Crippen molar-refractivity contribution in [1.29, 1.82) is 0 Å².